The van der Waals surface area contributed by atoms with Crippen molar-refractivity contribution in [3.05, 3.63) is 65.7 Å². The molecule has 0 unspecified atom stereocenters. The van der Waals surface area contributed by atoms with Crippen LogP contribution in [0.25, 0.3) is 0 Å². The topological polar surface area (TPSA) is 86.8 Å². The number of carbonyl (C=O) groups is 2. The second-order valence-electron chi connectivity index (χ2n) is 8.36. The third-order valence-electron chi connectivity index (χ3n) is 5.54. The van der Waals surface area contributed by atoms with E-state index in [2.05, 4.69) is 5.32 Å². The predicted octanol–water partition coefficient (Wildman–Crippen LogP) is 3.84. The summed E-state index contributed by atoms with van der Waals surface area (Å²) in [5.41, 5.74) is 0.831. The maximum atomic E-state index is 13.7. The third kappa shape index (κ3) is 8.61. The van der Waals surface area contributed by atoms with Crippen LogP contribution >= 0.6 is 0 Å². The molecule has 0 fully saturated rings. The molecule has 1 atom stereocenters. The summed E-state index contributed by atoms with van der Waals surface area (Å²) in [5.74, 6) is -2.82. The predicted molar refractivity (Wildman–Crippen MR) is 132 cm³/mol. The molecule has 2 aromatic carbocycles. The SMILES string of the molecule is CCCCNC(=O)[C@@H](C)N(Cc1ccccc1)C(=O)CCCN(c1ccc(F)c(F)c1)S(C)(=O)=O. The Morgan fingerprint density at radius 1 is 1.03 bits per heavy atom. The molecule has 0 aromatic heterocycles. The molecule has 35 heavy (non-hydrogen) atoms. The largest absolute Gasteiger partial charge is 0.354 e. The Labute approximate surface area is 206 Å². The van der Waals surface area contributed by atoms with Crippen molar-refractivity contribution < 1.29 is 26.8 Å². The lowest BCUT2D eigenvalue weighted by Gasteiger charge is -2.29. The minimum atomic E-state index is -3.80. The van der Waals surface area contributed by atoms with Crippen molar-refractivity contribution in [1.29, 1.82) is 0 Å². The zero-order valence-electron chi connectivity index (χ0n) is 20.3. The van der Waals surface area contributed by atoms with Crippen LogP contribution < -0.4 is 9.62 Å². The van der Waals surface area contributed by atoms with E-state index in [0.29, 0.717) is 6.54 Å². The number of rotatable bonds is 13. The van der Waals surface area contributed by atoms with Gasteiger partial charge in [-0.05, 0) is 37.5 Å². The van der Waals surface area contributed by atoms with E-state index in [4.69, 9.17) is 0 Å². The summed E-state index contributed by atoms with van der Waals surface area (Å²) in [4.78, 5) is 27.3. The van der Waals surface area contributed by atoms with Crippen LogP contribution in [-0.2, 0) is 26.2 Å². The molecular formula is C25H33F2N3O4S. The maximum absolute atomic E-state index is 13.7. The maximum Gasteiger partial charge on any atom is 0.242 e. The van der Waals surface area contributed by atoms with Gasteiger partial charge in [0, 0.05) is 32.1 Å². The Morgan fingerprint density at radius 2 is 1.71 bits per heavy atom. The van der Waals surface area contributed by atoms with Crippen molar-refractivity contribution in [2.75, 3.05) is 23.7 Å². The minimum absolute atomic E-state index is 0.0244. The summed E-state index contributed by atoms with van der Waals surface area (Å²) in [6.07, 6.45) is 2.81. The summed E-state index contributed by atoms with van der Waals surface area (Å²) in [6.45, 7) is 4.31. The molecule has 1 N–H and O–H groups in total. The summed E-state index contributed by atoms with van der Waals surface area (Å²) in [6, 6.07) is 11.4. The van der Waals surface area contributed by atoms with Gasteiger partial charge in [0.25, 0.3) is 0 Å². The second kappa shape index (κ2) is 13.2. The van der Waals surface area contributed by atoms with Gasteiger partial charge < -0.3 is 10.2 Å². The molecule has 2 aromatic rings. The van der Waals surface area contributed by atoms with E-state index in [0.717, 1.165) is 41.1 Å². The fourth-order valence-corrected chi connectivity index (χ4v) is 4.50. The zero-order chi connectivity index (χ0) is 26.0. The van der Waals surface area contributed by atoms with Gasteiger partial charge in [-0.25, -0.2) is 17.2 Å². The lowest BCUT2D eigenvalue weighted by molar-refractivity contribution is -0.140. The number of amides is 2. The van der Waals surface area contributed by atoms with Gasteiger partial charge in [-0.1, -0.05) is 43.7 Å². The summed E-state index contributed by atoms with van der Waals surface area (Å²) >= 11 is 0. The molecule has 7 nitrogen and oxygen atoms in total. The van der Waals surface area contributed by atoms with Crippen LogP contribution in [-0.4, -0.2) is 50.5 Å². The number of carbonyl (C=O) groups excluding carboxylic acids is 2. The molecule has 10 heteroatoms. The normalized spacial score (nSPS) is 12.1. The Bertz CT molecular complexity index is 1100. The van der Waals surface area contributed by atoms with Crippen LogP contribution in [0.1, 0.15) is 45.1 Å². The van der Waals surface area contributed by atoms with E-state index in [1.54, 1.807) is 6.92 Å². The number of nitrogens with zero attached hydrogens (tertiary/aromatic N) is 2. The first-order valence-corrected chi connectivity index (χ1v) is 13.4. The lowest BCUT2D eigenvalue weighted by atomic mass is 10.1. The van der Waals surface area contributed by atoms with Gasteiger partial charge in [-0.15, -0.1) is 0 Å². The molecular weight excluding hydrogens is 476 g/mol. The molecule has 0 saturated carbocycles. The molecule has 0 spiro atoms. The molecule has 0 bridgehead atoms. The highest BCUT2D eigenvalue weighted by Gasteiger charge is 2.26. The Morgan fingerprint density at radius 3 is 2.31 bits per heavy atom. The molecule has 0 heterocycles. The van der Waals surface area contributed by atoms with Crippen molar-refractivity contribution in [2.24, 2.45) is 0 Å². The van der Waals surface area contributed by atoms with E-state index in [1.807, 2.05) is 37.3 Å². The van der Waals surface area contributed by atoms with Crippen molar-refractivity contribution >= 4 is 27.5 Å². The molecule has 192 valence electrons. The number of unbranched alkanes of at least 4 members (excludes halogenated alkanes) is 1. The molecule has 2 rings (SSSR count). The van der Waals surface area contributed by atoms with Crippen LogP contribution in [0.15, 0.2) is 48.5 Å². The first-order valence-electron chi connectivity index (χ1n) is 11.6. The number of benzene rings is 2. The average Bonchev–Trinajstić information content (AvgIpc) is 2.81. The van der Waals surface area contributed by atoms with Gasteiger partial charge in [0.1, 0.15) is 6.04 Å². The van der Waals surface area contributed by atoms with Crippen LogP contribution in [0.3, 0.4) is 0 Å². The van der Waals surface area contributed by atoms with Crippen LogP contribution in [0, 0.1) is 11.6 Å². The van der Waals surface area contributed by atoms with Crippen molar-refractivity contribution in [1.82, 2.24) is 10.2 Å². The standard InChI is InChI=1S/C25H33F2N3O4S/c1-4-5-15-28-25(32)19(2)29(18-20-10-7-6-8-11-20)24(31)12-9-16-30(35(3,33)34)21-13-14-22(26)23(27)17-21/h6-8,10-11,13-14,17,19H,4-5,9,12,15-16,18H2,1-3H3,(H,28,32)/t19-/m1/s1. The van der Waals surface area contributed by atoms with E-state index in [9.17, 15) is 26.8 Å². The summed E-state index contributed by atoms with van der Waals surface area (Å²) in [7, 11) is -3.80. The average molecular weight is 510 g/mol. The second-order valence-corrected chi connectivity index (χ2v) is 10.3. The first-order chi connectivity index (χ1) is 16.5. The van der Waals surface area contributed by atoms with Crippen molar-refractivity contribution in [3.8, 4) is 0 Å². The number of halogens is 2. The fraction of sp³-hybridized carbons (Fsp3) is 0.440. The van der Waals surface area contributed by atoms with Gasteiger partial charge in [0.15, 0.2) is 11.6 Å². The van der Waals surface area contributed by atoms with Gasteiger partial charge in [-0.2, -0.15) is 0 Å². The van der Waals surface area contributed by atoms with E-state index in [-0.39, 0.29) is 43.4 Å². The quantitative estimate of drug-likeness (QED) is 0.416. The molecule has 0 aliphatic carbocycles. The van der Waals surface area contributed by atoms with Gasteiger partial charge in [0.05, 0.1) is 11.9 Å². The minimum Gasteiger partial charge on any atom is -0.354 e. The zero-order valence-corrected chi connectivity index (χ0v) is 21.2. The highest BCUT2D eigenvalue weighted by molar-refractivity contribution is 7.92. The van der Waals surface area contributed by atoms with Gasteiger partial charge >= 0.3 is 0 Å². The molecule has 0 saturated heterocycles. The smallest absolute Gasteiger partial charge is 0.242 e. The Hall–Kier alpha value is -3.01. The number of sulfonamides is 1. The third-order valence-corrected chi connectivity index (χ3v) is 6.73. The highest BCUT2D eigenvalue weighted by atomic mass is 32.2. The van der Waals surface area contributed by atoms with Crippen molar-refractivity contribution in [2.45, 2.75) is 52.1 Å². The number of nitrogens with one attached hydrogen (secondary N) is 1. The van der Waals surface area contributed by atoms with Crippen molar-refractivity contribution in [3.63, 3.8) is 0 Å². The molecule has 0 radical (unpaired) electrons. The number of anilines is 1. The fourth-order valence-electron chi connectivity index (χ4n) is 3.54. The van der Waals surface area contributed by atoms with Gasteiger partial charge in [-0.3, -0.25) is 13.9 Å². The van der Waals surface area contributed by atoms with E-state index < -0.39 is 27.7 Å². The number of hydrogen-bond acceptors (Lipinski definition) is 4. The molecule has 2 amide bonds. The van der Waals surface area contributed by atoms with Crippen LogP contribution in [0.2, 0.25) is 0 Å². The molecule has 0 aliphatic rings. The van der Waals surface area contributed by atoms with E-state index in [1.165, 1.54) is 11.0 Å². The highest BCUT2D eigenvalue weighted by Crippen LogP contribution is 2.21. The monoisotopic (exact) mass is 509 g/mol. The Kier molecular flexibility index (Phi) is 10.6. The van der Waals surface area contributed by atoms with Gasteiger partial charge in [0.2, 0.25) is 21.8 Å². The van der Waals surface area contributed by atoms with Crippen LogP contribution in [0.4, 0.5) is 14.5 Å². The number of hydrogen-bond donors (Lipinski definition) is 1. The lowest BCUT2D eigenvalue weighted by Crippen LogP contribution is -2.47. The Balaban J connectivity index is 2.13. The van der Waals surface area contributed by atoms with E-state index >= 15 is 0 Å². The molecule has 0 aliphatic heterocycles. The summed E-state index contributed by atoms with van der Waals surface area (Å²) < 4.78 is 52.4. The summed E-state index contributed by atoms with van der Waals surface area (Å²) in [5, 5.41) is 2.84. The van der Waals surface area contributed by atoms with Crippen LogP contribution in [0.5, 0.6) is 0 Å². The first kappa shape index (κ1) is 28.2.